The Labute approximate surface area is 191 Å². The lowest BCUT2D eigenvalue weighted by molar-refractivity contribution is -0.117. The Bertz CT molecular complexity index is 1340. The number of para-hydroxylation sites is 2. The molecule has 5 heterocycles. The van der Waals surface area contributed by atoms with Gasteiger partial charge in [-0.25, -0.2) is 15.0 Å². The van der Waals surface area contributed by atoms with Crippen molar-refractivity contribution in [3.05, 3.63) is 72.1 Å². The molecule has 166 valence electrons. The molecule has 1 aromatic carbocycles. The fourth-order valence-corrected chi connectivity index (χ4v) is 4.94. The smallest absolute Gasteiger partial charge is 0.228 e. The lowest BCUT2D eigenvalue weighted by Gasteiger charge is -2.40. The molecule has 8 heteroatoms. The molecule has 2 fully saturated rings. The summed E-state index contributed by atoms with van der Waals surface area (Å²) < 4.78 is 2.19. The zero-order valence-corrected chi connectivity index (χ0v) is 18.7. The van der Waals surface area contributed by atoms with Gasteiger partial charge in [0.1, 0.15) is 23.3 Å². The number of aryl methyl sites for hydroxylation is 2. The minimum absolute atomic E-state index is 0.0795. The molecule has 6 rings (SSSR count). The van der Waals surface area contributed by atoms with Crippen LogP contribution in [0.15, 0.2) is 54.7 Å². The standard InChI is InChI=1S/C25H25N7O/c1-16-27-22(31-13-18(14-31)25-29-20-8-3-4-9-21(20)30(25)2)12-23(28-16)32-15-17(11-24(32)33)19-7-5-6-10-26-19/h3-10,12,17-18H,11,13-15H2,1-2H3. The van der Waals surface area contributed by atoms with E-state index in [1.54, 1.807) is 11.1 Å². The topological polar surface area (TPSA) is 80.0 Å². The quantitative estimate of drug-likeness (QED) is 0.486. The largest absolute Gasteiger partial charge is 0.355 e. The molecule has 4 aromatic rings. The van der Waals surface area contributed by atoms with E-state index in [9.17, 15) is 4.79 Å². The van der Waals surface area contributed by atoms with Crippen LogP contribution < -0.4 is 9.80 Å². The lowest BCUT2D eigenvalue weighted by atomic mass is 9.99. The number of hydrogen-bond acceptors (Lipinski definition) is 6. The first-order valence-corrected chi connectivity index (χ1v) is 11.3. The number of carbonyl (C=O) groups is 1. The van der Waals surface area contributed by atoms with E-state index in [-0.39, 0.29) is 11.8 Å². The number of aromatic nitrogens is 5. The molecule has 0 saturated carbocycles. The number of rotatable bonds is 4. The van der Waals surface area contributed by atoms with Gasteiger partial charge < -0.3 is 9.47 Å². The van der Waals surface area contributed by atoms with E-state index in [4.69, 9.17) is 4.98 Å². The second-order valence-electron chi connectivity index (χ2n) is 8.91. The highest BCUT2D eigenvalue weighted by atomic mass is 16.2. The van der Waals surface area contributed by atoms with Gasteiger partial charge in [0.15, 0.2) is 0 Å². The molecule has 1 atom stereocenters. The van der Waals surface area contributed by atoms with Crippen molar-refractivity contribution in [2.75, 3.05) is 29.4 Å². The fraction of sp³-hybridized carbons (Fsp3) is 0.320. The molecule has 0 radical (unpaired) electrons. The Kier molecular flexibility index (Phi) is 4.60. The van der Waals surface area contributed by atoms with Crippen LogP contribution in [-0.4, -0.2) is 50.0 Å². The van der Waals surface area contributed by atoms with Gasteiger partial charge in [0.2, 0.25) is 5.91 Å². The van der Waals surface area contributed by atoms with E-state index in [0.29, 0.717) is 30.5 Å². The van der Waals surface area contributed by atoms with Gasteiger partial charge in [0.05, 0.1) is 17.0 Å². The van der Waals surface area contributed by atoms with Crippen LogP contribution in [0.25, 0.3) is 11.0 Å². The average Bonchev–Trinajstić information content (AvgIpc) is 3.34. The van der Waals surface area contributed by atoms with Gasteiger partial charge in [0, 0.05) is 57.0 Å². The summed E-state index contributed by atoms with van der Waals surface area (Å²) in [5, 5.41) is 0. The van der Waals surface area contributed by atoms with Crippen LogP contribution in [0.4, 0.5) is 11.6 Å². The van der Waals surface area contributed by atoms with Crippen molar-refractivity contribution < 1.29 is 4.79 Å². The average molecular weight is 440 g/mol. The predicted octanol–water partition coefficient (Wildman–Crippen LogP) is 3.19. The molecule has 0 N–H and O–H groups in total. The number of nitrogens with zero attached hydrogens (tertiary/aromatic N) is 7. The van der Waals surface area contributed by atoms with Crippen molar-refractivity contribution in [3.8, 4) is 0 Å². The molecular formula is C25H25N7O. The predicted molar refractivity (Wildman–Crippen MR) is 126 cm³/mol. The molecule has 1 unspecified atom stereocenters. The number of pyridine rings is 1. The summed E-state index contributed by atoms with van der Waals surface area (Å²) in [7, 11) is 2.08. The van der Waals surface area contributed by atoms with Gasteiger partial charge in [-0.15, -0.1) is 0 Å². The number of benzene rings is 1. The molecular weight excluding hydrogens is 414 g/mol. The van der Waals surface area contributed by atoms with Crippen molar-refractivity contribution in [3.63, 3.8) is 0 Å². The third kappa shape index (κ3) is 3.42. The van der Waals surface area contributed by atoms with Gasteiger partial charge >= 0.3 is 0 Å². The third-order valence-corrected chi connectivity index (χ3v) is 6.71. The molecule has 33 heavy (non-hydrogen) atoms. The summed E-state index contributed by atoms with van der Waals surface area (Å²) in [5.41, 5.74) is 3.14. The monoisotopic (exact) mass is 439 g/mol. The molecule has 1 amide bonds. The second kappa shape index (κ2) is 7.65. The Balaban J connectivity index is 1.21. The maximum Gasteiger partial charge on any atom is 0.228 e. The van der Waals surface area contributed by atoms with Crippen molar-refractivity contribution in [2.24, 2.45) is 7.05 Å². The summed E-state index contributed by atoms with van der Waals surface area (Å²) in [6.45, 7) is 4.16. The van der Waals surface area contributed by atoms with Gasteiger partial charge in [-0.05, 0) is 31.2 Å². The molecule has 2 aliphatic rings. The van der Waals surface area contributed by atoms with Crippen LogP contribution in [0.2, 0.25) is 0 Å². The Morgan fingerprint density at radius 1 is 0.909 bits per heavy atom. The van der Waals surface area contributed by atoms with Crippen molar-refractivity contribution in [2.45, 2.75) is 25.2 Å². The third-order valence-electron chi connectivity index (χ3n) is 6.71. The maximum absolute atomic E-state index is 12.8. The lowest BCUT2D eigenvalue weighted by Crippen LogP contribution is -2.46. The Morgan fingerprint density at radius 2 is 1.70 bits per heavy atom. The Morgan fingerprint density at radius 3 is 2.48 bits per heavy atom. The zero-order valence-electron chi connectivity index (χ0n) is 18.7. The Hall–Kier alpha value is -3.81. The number of fused-ring (bicyclic) bond motifs is 1. The molecule has 3 aromatic heterocycles. The highest BCUT2D eigenvalue weighted by Crippen LogP contribution is 2.35. The number of amides is 1. The molecule has 2 aliphatic heterocycles. The minimum Gasteiger partial charge on any atom is -0.355 e. The van der Waals surface area contributed by atoms with Gasteiger partial charge in [-0.1, -0.05) is 18.2 Å². The minimum atomic E-state index is 0.0795. The van der Waals surface area contributed by atoms with Crippen molar-refractivity contribution in [1.29, 1.82) is 0 Å². The molecule has 0 aliphatic carbocycles. The van der Waals surface area contributed by atoms with Crippen LogP contribution >= 0.6 is 0 Å². The summed E-state index contributed by atoms with van der Waals surface area (Å²) >= 11 is 0. The first kappa shape index (κ1) is 19.8. The summed E-state index contributed by atoms with van der Waals surface area (Å²) in [6.07, 6.45) is 2.23. The molecule has 0 spiro atoms. The number of hydrogen-bond donors (Lipinski definition) is 0. The van der Waals surface area contributed by atoms with Crippen LogP contribution in [0.5, 0.6) is 0 Å². The van der Waals surface area contributed by atoms with Crippen molar-refractivity contribution in [1.82, 2.24) is 24.5 Å². The highest BCUT2D eigenvalue weighted by molar-refractivity contribution is 5.95. The molecule has 8 nitrogen and oxygen atoms in total. The summed E-state index contributed by atoms with van der Waals surface area (Å²) in [5.74, 6) is 3.82. The normalized spacial score (nSPS) is 18.8. The maximum atomic E-state index is 12.8. The van der Waals surface area contributed by atoms with E-state index >= 15 is 0 Å². The van der Waals surface area contributed by atoms with Crippen LogP contribution in [0.1, 0.15) is 35.6 Å². The highest BCUT2D eigenvalue weighted by Gasteiger charge is 2.36. The number of anilines is 2. The number of carbonyl (C=O) groups excluding carboxylic acids is 1. The van der Waals surface area contributed by atoms with Gasteiger partial charge in [-0.3, -0.25) is 14.7 Å². The first-order valence-electron chi connectivity index (χ1n) is 11.3. The van der Waals surface area contributed by atoms with Crippen LogP contribution in [-0.2, 0) is 11.8 Å². The van der Waals surface area contributed by atoms with E-state index in [0.717, 1.165) is 41.5 Å². The van der Waals surface area contributed by atoms with E-state index in [1.807, 2.05) is 43.3 Å². The summed E-state index contributed by atoms with van der Waals surface area (Å²) in [4.78, 5) is 35.4. The molecule has 0 bridgehead atoms. The SMILES string of the molecule is Cc1nc(N2CC(c3nc4ccccc4n3C)C2)cc(N2CC(c3ccccn3)CC2=O)n1. The van der Waals surface area contributed by atoms with Gasteiger partial charge in [0.25, 0.3) is 0 Å². The zero-order chi connectivity index (χ0) is 22.5. The first-order chi connectivity index (χ1) is 16.1. The van der Waals surface area contributed by atoms with Crippen LogP contribution in [0.3, 0.4) is 0 Å². The number of imidazole rings is 1. The van der Waals surface area contributed by atoms with Gasteiger partial charge in [-0.2, -0.15) is 0 Å². The fourth-order valence-electron chi connectivity index (χ4n) is 4.94. The van der Waals surface area contributed by atoms with E-state index < -0.39 is 0 Å². The van der Waals surface area contributed by atoms with Crippen molar-refractivity contribution >= 4 is 28.6 Å². The van der Waals surface area contributed by atoms with Crippen LogP contribution in [0, 0.1) is 6.92 Å². The van der Waals surface area contributed by atoms with E-state index in [2.05, 4.69) is 43.6 Å². The second-order valence-corrected chi connectivity index (χ2v) is 8.91. The molecule has 2 saturated heterocycles. The summed E-state index contributed by atoms with van der Waals surface area (Å²) in [6, 6.07) is 16.0. The van der Waals surface area contributed by atoms with E-state index in [1.165, 1.54) is 0 Å².